The van der Waals surface area contributed by atoms with Crippen LogP contribution in [0, 0.1) is 0 Å². The summed E-state index contributed by atoms with van der Waals surface area (Å²) in [5.74, 6) is 0.949. The Morgan fingerprint density at radius 1 is 1.20 bits per heavy atom. The number of hydrogen-bond donors (Lipinski definition) is 1. The molecule has 2 N–H and O–H groups in total. The first-order valence-electron chi connectivity index (χ1n) is 5.98. The molecule has 0 radical (unpaired) electrons. The standard InChI is InChI=1S/C13H11ClN6/c14-11-6-9(7-15)8-16-13(11)20-18-12(17-19-20)10-4-2-1-3-5-10/h1-6,8H,7,15H2. The van der Waals surface area contributed by atoms with E-state index in [0.29, 0.717) is 23.2 Å². The number of tetrazole rings is 1. The van der Waals surface area contributed by atoms with Crippen molar-refractivity contribution in [3.8, 4) is 17.2 Å². The minimum absolute atomic E-state index is 0.382. The molecule has 3 aromatic rings. The lowest BCUT2D eigenvalue weighted by atomic mass is 10.2. The highest BCUT2D eigenvalue weighted by Crippen LogP contribution is 2.19. The number of hydrogen-bond acceptors (Lipinski definition) is 5. The smallest absolute Gasteiger partial charge is 0.205 e. The topological polar surface area (TPSA) is 82.5 Å². The van der Waals surface area contributed by atoms with E-state index in [4.69, 9.17) is 17.3 Å². The summed E-state index contributed by atoms with van der Waals surface area (Å²) in [5.41, 5.74) is 7.27. The zero-order valence-corrected chi connectivity index (χ0v) is 11.2. The summed E-state index contributed by atoms with van der Waals surface area (Å²) in [6, 6.07) is 11.3. The number of benzene rings is 1. The van der Waals surface area contributed by atoms with Crippen LogP contribution in [0.5, 0.6) is 0 Å². The Balaban J connectivity index is 1.98. The van der Waals surface area contributed by atoms with Gasteiger partial charge in [-0.2, -0.15) is 0 Å². The second kappa shape index (κ2) is 5.36. The maximum Gasteiger partial charge on any atom is 0.205 e. The molecule has 3 rings (SSSR count). The summed E-state index contributed by atoms with van der Waals surface area (Å²) in [4.78, 5) is 5.52. The fraction of sp³-hybridized carbons (Fsp3) is 0.0769. The molecule has 0 amide bonds. The van der Waals surface area contributed by atoms with Gasteiger partial charge in [-0.05, 0) is 16.8 Å². The lowest BCUT2D eigenvalue weighted by Crippen LogP contribution is -2.05. The van der Waals surface area contributed by atoms with Crippen molar-refractivity contribution < 1.29 is 0 Å². The highest BCUT2D eigenvalue weighted by molar-refractivity contribution is 6.32. The van der Waals surface area contributed by atoms with Crippen molar-refractivity contribution in [2.45, 2.75) is 6.54 Å². The Labute approximate surface area is 120 Å². The third-order valence-corrected chi connectivity index (χ3v) is 3.03. The number of nitrogens with two attached hydrogens (primary N) is 1. The van der Waals surface area contributed by atoms with Gasteiger partial charge in [-0.15, -0.1) is 15.0 Å². The van der Waals surface area contributed by atoms with E-state index in [2.05, 4.69) is 20.4 Å². The third-order valence-electron chi connectivity index (χ3n) is 2.75. The summed E-state index contributed by atoms with van der Waals surface area (Å²) >= 11 is 6.15. The third kappa shape index (κ3) is 2.38. The predicted octanol–water partition coefficient (Wildman–Crippen LogP) is 1.84. The lowest BCUT2D eigenvalue weighted by Gasteiger charge is -2.02. The van der Waals surface area contributed by atoms with E-state index in [0.717, 1.165) is 11.1 Å². The van der Waals surface area contributed by atoms with Gasteiger partial charge in [0.15, 0.2) is 5.82 Å². The second-order valence-corrected chi connectivity index (χ2v) is 4.53. The average Bonchev–Trinajstić information content (AvgIpc) is 2.97. The fourth-order valence-corrected chi connectivity index (χ4v) is 2.00. The van der Waals surface area contributed by atoms with Crippen LogP contribution in [0.4, 0.5) is 0 Å². The van der Waals surface area contributed by atoms with E-state index in [1.54, 1.807) is 12.3 Å². The van der Waals surface area contributed by atoms with Gasteiger partial charge in [-0.25, -0.2) is 4.98 Å². The molecule has 0 fully saturated rings. The Hall–Kier alpha value is -2.31. The number of rotatable bonds is 3. The van der Waals surface area contributed by atoms with Gasteiger partial charge in [-0.1, -0.05) is 41.9 Å². The fourth-order valence-electron chi connectivity index (χ4n) is 1.74. The minimum atomic E-state index is 0.382. The lowest BCUT2D eigenvalue weighted by molar-refractivity contribution is 0.700. The Morgan fingerprint density at radius 2 is 2.00 bits per heavy atom. The number of aromatic nitrogens is 5. The van der Waals surface area contributed by atoms with Gasteiger partial charge in [0.1, 0.15) is 0 Å². The maximum absolute atomic E-state index is 6.15. The zero-order chi connectivity index (χ0) is 13.9. The van der Waals surface area contributed by atoms with Crippen LogP contribution in [0.3, 0.4) is 0 Å². The molecular formula is C13H11ClN6. The van der Waals surface area contributed by atoms with Crippen LogP contribution in [-0.2, 0) is 6.54 Å². The molecule has 20 heavy (non-hydrogen) atoms. The number of nitrogens with zero attached hydrogens (tertiary/aromatic N) is 5. The van der Waals surface area contributed by atoms with Gasteiger partial charge >= 0.3 is 0 Å². The quantitative estimate of drug-likeness (QED) is 0.794. The summed E-state index contributed by atoms with van der Waals surface area (Å²) < 4.78 is 0. The van der Waals surface area contributed by atoms with Crippen molar-refractivity contribution in [2.75, 3.05) is 0 Å². The van der Waals surface area contributed by atoms with Gasteiger partial charge < -0.3 is 5.73 Å². The van der Waals surface area contributed by atoms with Gasteiger partial charge in [0.05, 0.1) is 5.02 Å². The second-order valence-electron chi connectivity index (χ2n) is 4.12. The largest absolute Gasteiger partial charge is 0.326 e. The first-order valence-corrected chi connectivity index (χ1v) is 6.36. The molecule has 0 bridgehead atoms. The number of pyridine rings is 1. The summed E-state index contributed by atoms with van der Waals surface area (Å²) in [5, 5.41) is 12.7. The zero-order valence-electron chi connectivity index (χ0n) is 10.4. The summed E-state index contributed by atoms with van der Waals surface area (Å²) in [6.07, 6.45) is 1.65. The molecule has 0 atom stereocenters. The average molecular weight is 287 g/mol. The molecular weight excluding hydrogens is 276 g/mol. The molecule has 0 aliphatic carbocycles. The highest BCUT2D eigenvalue weighted by Gasteiger charge is 2.11. The van der Waals surface area contributed by atoms with Gasteiger partial charge in [-0.3, -0.25) is 0 Å². The van der Waals surface area contributed by atoms with Crippen LogP contribution in [-0.4, -0.2) is 25.2 Å². The predicted molar refractivity (Wildman–Crippen MR) is 75.3 cm³/mol. The molecule has 0 aliphatic heterocycles. The molecule has 7 heteroatoms. The minimum Gasteiger partial charge on any atom is -0.326 e. The Bertz CT molecular complexity index is 725. The van der Waals surface area contributed by atoms with Gasteiger partial charge in [0.25, 0.3) is 0 Å². The van der Waals surface area contributed by atoms with E-state index in [1.807, 2.05) is 30.3 Å². The summed E-state index contributed by atoms with van der Waals surface area (Å²) in [6.45, 7) is 0.382. The van der Waals surface area contributed by atoms with Crippen molar-refractivity contribution in [2.24, 2.45) is 5.73 Å². The van der Waals surface area contributed by atoms with Crippen LogP contribution in [0.15, 0.2) is 42.6 Å². The van der Waals surface area contributed by atoms with Crippen molar-refractivity contribution in [1.82, 2.24) is 25.2 Å². The molecule has 0 spiro atoms. The molecule has 0 aliphatic rings. The van der Waals surface area contributed by atoms with Crippen LogP contribution in [0.25, 0.3) is 17.2 Å². The van der Waals surface area contributed by atoms with Crippen molar-refractivity contribution in [1.29, 1.82) is 0 Å². The molecule has 0 saturated carbocycles. The van der Waals surface area contributed by atoms with E-state index in [-0.39, 0.29) is 0 Å². The van der Waals surface area contributed by atoms with Crippen LogP contribution >= 0.6 is 11.6 Å². The highest BCUT2D eigenvalue weighted by atomic mass is 35.5. The molecule has 0 saturated heterocycles. The normalized spacial score (nSPS) is 10.7. The Morgan fingerprint density at radius 3 is 2.70 bits per heavy atom. The molecule has 2 aromatic heterocycles. The molecule has 2 heterocycles. The van der Waals surface area contributed by atoms with E-state index >= 15 is 0 Å². The molecule has 1 aromatic carbocycles. The maximum atomic E-state index is 6.15. The number of halogens is 1. The van der Waals surface area contributed by atoms with Crippen LogP contribution in [0.2, 0.25) is 5.02 Å². The van der Waals surface area contributed by atoms with Gasteiger partial charge in [0, 0.05) is 18.3 Å². The monoisotopic (exact) mass is 286 g/mol. The first-order chi connectivity index (χ1) is 9.78. The van der Waals surface area contributed by atoms with Crippen molar-refractivity contribution in [3.63, 3.8) is 0 Å². The molecule has 0 unspecified atom stereocenters. The van der Waals surface area contributed by atoms with E-state index < -0.39 is 0 Å². The van der Waals surface area contributed by atoms with E-state index in [9.17, 15) is 0 Å². The molecule has 6 nitrogen and oxygen atoms in total. The van der Waals surface area contributed by atoms with Crippen molar-refractivity contribution >= 4 is 11.6 Å². The first kappa shape index (κ1) is 12.7. The van der Waals surface area contributed by atoms with Crippen molar-refractivity contribution in [3.05, 3.63) is 53.2 Å². The summed E-state index contributed by atoms with van der Waals surface area (Å²) in [7, 11) is 0. The van der Waals surface area contributed by atoms with Crippen LogP contribution < -0.4 is 5.73 Å². The van der Waals surface area contributed by atoms with Crippen LogP contribution in [0.1, 0.15) is 5.56 Å². The van der Waals surface area contributed by atoms with E-state index in [1.165, 1.54) is 4.80 Å². The van der Waals surface area contributed by atoms with Gasteiger partial charge in [0.2, 0.25) is 5.82 Å². The molecule has 100 valence electrons. The SMILES string of the molecule is NCc1cnc(-n2nnc(-c3ccccc3)n2)c(Cl)c1. The Kier molecular flexibility index (Phi) is 3.41.